The minimum Gasteiger partial charge on any atom is -0.550 e. The van der Waals surface area contributed by atoms with Crippen LogP contribution in [0.25, 0.3) is 20.4 Å². The molecule has 0 bridgehead atoms. The van der Waals surface area contributed by atoms with Crippen molar-refractivity contribution in [3.05, 3.63) is 48.5 Å². The average molecular weight is 509 g/mol. The molecule has 180 valence electrons. The number of carbonyl (C=O) groups excluding carboxylic acids is 2. The molecule has 12 nitrogen and oxygen atoms in total. The second-order valence-corrected chi connectivity index (χ2v) is 8.23. The van der Waals surface area contributed by atoms with Crippen LogP contribution in [-0.2, 0) is 19.2 Å². The van der Waals surface area contributed by atoms with Crippen molar-refractivity contribution in [3.8, 4) is 0 Å². The lowest BCUT2D eigenvalue weighted by molar-refractivity contribution is -0.321. The van der Waals surface area contributed by atoms with Gasteiger partial charge < -0.3 is 30.0 Å². The van der Waals surface area contributed by atoms with E-state index in [1.165, 1.54) is 9.40 Å². The fourth-order valence-corrected chi connectivity index (χ4v) is 3.67. The number of hydrogen-bond donors (Lipinski definition) is 4. The maximum absolute atomic E-state index is 9.39. The Balaban J connectivity index is 0.000000231. The van der Waals surface area contributed by atoms with E-state index >= 15 is 0 Å². The van der Waals surface area contributed by atoms with Crippen LogP contribution in [0.3, 0.4) is 0 Å². The number of carbonyl (C=O) groups is 4. The number of nitrogen functional groups attached to an aromatic ring is 2. The summed E-state index contributed by atoms with van der Waals surface area (Å²) in [6, 6.07) is 16.1. The highest BCUT2D eigenvalue weighted by Gasteiger charge is 2.02. The fourth-order valence-electron chi connectivity index (χ4n) is 2.12. The Morgan fingerprint density at radius 3 is 1.26 bits per heavy atom. The monoisotopic (exact) mass is 508 g/mol. The van der Waals surface area contributed by atoms with Gasteiger partial charge >= 0.3 is 22.2 Å². The van der Waals surface area contributed by atoms with E-state index in [1.54, 1.807) is 22.7 Å². The van der Waals surface area contributed by atoms with Gasteiger partial charge in [-0.05, 0) is 46.9 Å². The summed E-state index contributed by atoms with van der Waals surface area (Å²) in [4.78, 5) is 43.5. The van der Waals surface area contributed by atoms with E-state index in [0.29, 0.717) is 0 Å². The predicted molar refractivity (Wildman–Crippen MR) is 120 cm³/mol. The highest BCUT2D eigenvalue weighted by molar-refractivity contribution is 7.21. The van der Waals surface area contributed by atoms with Crippen LogP contribution in [0.2, 0.25) is 0 Å². The molecule has 14 heteroatoms. The van der Waals surface area contributed by atoms with Gasteiger partial charge in [0.1, 0.15) is 11.0 Å². The van der Waals surface area contributed by atoms with Crippen molar-refractivity contribution < 1.29 is 49.6 Å². The number of fused-ring (bicyclic) bond motifs is 2. The minimum absolute atomic E-state index is 0.765. The van der Waals surface area contributed by atoms with Crippen LogP contribution < -0.4 is 31.6 Å². The van der Waals surface area contributed by atoms with Crippen LogP contribution in [0.1, 0.15) is 12.8 Å². The normalized spacial score (nSPS) is 9.41. The van der Waals surface area contributed by atoms with Gasteiger partial charge in [0, 0.05) is 0 Å². The molecule has 0 amide bonds. The summed E-state index contributed by atoms with van der Waals surface area (Å²) in [7, 11) is 0. The van der Waals surface area contributed by atoms with Crippen LogP contribution in [0.5, 0.6) is 0 Å². The zero-order valence-electron chi connectivity index (χ0n) is 17.3. The third-order valence-corrected chi connectivity index (χ3v) is 5.12. The second kappa shape index (κ2) is 14.0. The molecule has 0 fully saturated rings. The highest BCUT2D eigenvalue weighted by Crippen LogP contribution is 2.19. The van der Waals surface area contributed by atoms with E-state index in [4.69, 9.17) is 21.7 Å². The van der Waals surface area contributed by atoms with Crippen molar-refractivity contribution in [2.24, 2.45) is 0 Å². The molecule has 0 aliphatic heterocycles. The Kier molecular flexibility index (Phi) is 11.4. The first kappa shape index (κ1) is 27.7. The van der Waals surface area contributed by atoms with Gasteiger partial charge in [-0.3, -0.25) is 21.1 Å². The van der Waals surface area contributed by atoms with E-state index in [-0.39, 0.29) is 0 Å². The van der Waals surface area contributed by atoms with Crippen molar-refractivity contribution in [3.63, 3.8) is 0 Å². The number of thiazole rings is 2. The number of carboxylic acid groups (broad SMARTS) is 4. The lowest BCUT2D eigenvalue weighted by Gasteiger charge is -1.91. The first-order valence-corrected chi connectivity index (χ1v) is 10.8. The Morgan fingerprint density at radius 1 is 0.706 bits per heavy atom. The first-order chi connectivity index (χ1) is 16.0. The summed E-state index contributed by atoms with van der Waals surface area (Å²) in [6.45, 7) is 0. The number of carboxylic acids is 4. The summed E-state index contributed by atoms with van der Waals surface area (Å²) >= 11 is 3.15. The third kappa shape index (κ3) is 11.4. The molecule has 0 aliphatic rings. The maximum Gasteiger partial charge on any atom is 0.330 e. The summed E-state index contributed by atoms with van der Waals surface area (Å²) in [5.74, 6) is -5.88. The van der Waals surface area contributed by atoms with Crippen molar-refractivity contribution >= 4 is 77.2 Å². The van der Waals surface area contributed by atoms with Crippen LogP contribution >= 0.6 is 22.7 Å². The molecule has 2 aromatic carbocycles. The number of benzene rings is 2. The molecule has 0 aliphatic carbocycles. The van der Waals surface area contributed by atoms with Gasteiger partial charge in [0.2, 0.25) is 0 Å². The molecule has 8 N–H and O–H groups in total. The fraction of sp³-hybridized carbons (Fsp3) is 0.100. The van der Waals surface area contributed by atoms with Gasteiger partial charge in [-0.1, -0.05) is 24.3 Å². The van der Waals surface area contributed by atoms with Crippen LogP contribution in [0.15, 0.2) is 48.5 Å². The maximum atomic E-state index is 9.39. The molecular weight excluding hydrogens is 488 g/mol. The number of nitrogens with two attached hydrogens (primary N) is 2. The molecule has 2 heterocycles. The van der Waals surface area contributed by atoms with Crippen LogP contribution in [0, 0.1) is 0 Å². The lowest BCUT2D eigenvalue weighted by atomic mass is 10.3. The number of aromatic amines is 2. The predicted octanol–water partition coefficient (Wildman–Crippen LogP) is -0.983. The summed E-state index contributed by atoms with van der Waals surface area (Å²) in [5.41, 5.74) is 13.3. The van der Waals surface area contributed by atoms with E-state index in [1.807, 2.05) is 48.5 Å². The largest absolute Gasteiger partial charge is 0.550 e. The van der Waals surface area contributed by atoms with E-state index < -0.39 is 36.7 Å². The number of nitrogens with one attached hydrogen (secondary N) is 2. The Bertz CT molecular complexity index is 1080. The topological polar surface area (TPSA) is 235 Å². The quantitative estimate of drug-likeness (QED) is 0.246. The Labute approximate surface area is 199 Å². The zero-order valence-corrected chi connectivity index (χ0v) is 19.0. The first-order valence-electron chi connectivity index (χ1n) is 9.13. The SMILES string of the molecule is Nc1[nH+]c2ccccc2s1.Nc1[nH+]c2ccccc2s1.O=C([O-])CC(=O)O.O=C([O-])CC(=O)O. The molecule has 2 aromatic heterocycles. The van der Waals surface area contributed by atoms with Gasteiger partial charge in [-0.15, -0.1) is 0 Å². The smallest absolute Gasteiger partial charge is 0.330 e. The van der Waals surface area contributed by atoms with Gasteiger partial charge in [0.15, 0.2) is 0 Å². The number of rotatable bonds is 4. The average Bonchev–Trinajstić information content (AvgIpc) is 3.27. The number of H-pyrrole nitrogens is 2. The second-order valence-electron chi connectivity index (χ2n) is 6.06. The number of anilines is 2. The van der Waals surface area contributed by atoms with E-state index in [9.17, 15) is 29.4 Å². The molecule has 0 spiro atoms. The number of hydrogen-bond acceptors (Lipinski definition) is 10. The summed E-state index contributed by atoms with van der Waals surface area (Å²) in [6.07, 6.45) is -1.83. The molecule has 0 radical (unpaired) electrons. The number of aromatic nitrogens is 2. The molecule has 0 saturated heterocycles. The van der Waals surface area contributed by atoms with Gasteiger partial charge in [-0.25, -0.2) is 9.97 Å². The summed E-state index contributed by atoms with van der Waals surface area (Å²) in [5, 5.41) is 35.5. The number of aliphatic carboxylic acids is 4. The lowest BCUT2D eigenvalue weighted by Crippen LogP contribution is -2.24. The van der Waals surface area contributed by atoms with Gasteiger partial charge in [0.05, 0.1) is 34.2 Å². The highest BCUT2D eigenvalue weighted by atomic mass is 32.1. The standard InChI is InChI=1S/2C7H6N2S.2C3H4O4/c2*8-7-9-5-3-1-2-4-6(5)10-7;2*4-2(5)1-3(6)7/h2*1-4H,(H2,8,9);2*1H2,(H,4,5)(H,6,7). The molecule has 0 saturated carbocycles. The van der Waals surface area contributed by atoms with Crippen LogP contribution in [-0.4, -0.2) is 34.1 Å². The number of para-hydroxylation sites is 2. The van der Waals surface area contributed by atoms with Gasteiger partial charge in [0.25, 0.3) is 0 Å². The summed E-state index contributed by atoms with van der Waals surface area (Å²) < 4.78 is 2.42. The van der Waals surface area contributed by atoms with E-state index in [2.05, 4.69) is 9.97 Å². The van der Waals surface area contributed by atoms with Gasteiger partial charge in [-0.2, -0.15) is 0 Å². The van der Waals surface area contributed by atoms with Crippen molar-refractivity contribution in [2.45, 2.75) is 12.8 Å². The zero-order chi connectivity index (χ0) is 25.7. The third-order valence-electron chi connectivity index (χ3n) is 3.32. The van der Waals surface area contributed by atoms with Crippen molar-refractivity contribution in [1.29, 1.82) is 0 Å². The molecule has 0 atom stereocenters. The Morgan fingerprint density at radius 2 is 1.03 bits per heavy atom. The van der Waals surface area contributed by atoms with Crippen molar-refractivity contribution in [2.75, 3.05) is 11.5 Å². The molecule has 34 heavy (non-hydrogen) atoms. The molecule has 4 rings (SSSR count). The molecular formula is C20H20N4O8S2. The van der Waals surface area contributed by atoms with Crippen molar-refractivity contribution in [1.82, 2.24) is 0 Å². The molecule has 0 unspecified atom stereocenters. The van der Waals surface area contributed by atoms with Crippen LogP contribution in [0.4, 0.5) is 10.3 Å². The Hall–Kier alpha value is -4.30. The molecule has 4 aromatic rings. The minimum atomic E-state index is -1.56. The van der Waals surface area contributed by atoms with E-state index in [0.717, 1.165) is 21.3 Å².